The number of benzene rings is 1. The van der Waals surface area contributed by atoms with Gasteiger partial charge in [0.25, 0.3) is 5.91 Å². The summed E-state index contributed by atoms with van der Waals surface area (Å²) in [6, 6.07) is 7.22. The van der Waals surface area contributed by atoms with Crippen LogP contribution < -0.4 is 10.6 Å². The van der Waals surface area contributed by atoms with E-state index in [9.17, 15) is 9.59 Å². The van der Waals surface area contributed by atoms with E-state index < -0.39 is 0 Å². The van der Waals surface area contributed by atoms with Gasteiger partial charge in [-0.3, -0.25) is 9.59 Å². The van der Waals surface area contributed by atoms with Gasteiger partial charge in [-0.25, -0.2) is 0 Å². The number of hydrogen-bond acceptors (Lipinski definition) is 2. The summed E-state index contributed by atoms with van der Waals surface area (Å²) in [5.74, 6) is -0.327. The largest absolute Gasteiger partial charge is 0.350 e. The summed E-state index contributed by atoms with van der Waals surface area (Å²) in [7, 11) is 0. The molecule has 1 heterocycles. The first-order valence-electron chi connectivity index (χ1n) is 5.02. The lowest BCUT2D eigenvalue weighted by Crippen LogP contribution is -2.32. The molecule has 1 aliphatic heterocycles. The van der Waals surface area contributed by atoms with Crippen LogP contribution in [0.3, 0.4) is 0 Å². The average Bonchev–Trinajstić information content (AvgIpc) is 2.64. The lowest BCUT2D eigenvalue weighted by Gasteiger charge is -2.11. The molecule has 0 saturated heterocycles. The summed E-state index contributed by atoms with van der Waals surface area (Å²) >= 11 is 0. The number of fused-ring (bicyclic) bond motifs is 1. The van der Waals surface area contributed by atoms with Crippen molar-refractivity contribution >= 4 is 11.8 Å². The summed E-state index contributed by atoms with van der Waals surface area (Å²) in [5.41, 5.74) is 1.61. The van der Waals surface area contributed by atoms with Crippen LogP contribution in [0.25, 0.3) is 0 Å². The minimum Gasteiger partial charge on any atom is -0.350 e. The Morgan fingerprint density at radius 3 is 3.00 bits per heavy atom. The van der Waals surface area contributed by atoms with Crippen molar-refractivity contribution in [3.8, 4) is 0 Å². The molecule has 1 aliphatic rings. The first-order chi connectivity index (χ1) is 7.72. The van der Waals surface area contributed by atoms with E-state index in [1.54, 1.807) is 6.07 Å². The molecule has 4 nitrogen and oxygen atoms in total. The number of hydrogen-bond donors (Lipinski definition) is 2. The minimum atomic E-state index is -0.237. The van der Waals surface area contributed by atoms with Crippen LogP contribution >= 0.6 is 0 Å². The van der Waals surface area contributed by atoms with Gasteiger partial charge in [0.2, 0.25) is 5.91 Å². The molecule has 2 amide bonds. The maximum Gasteiger partial charge on any atom is 0.252 e. The van der Waals surface area contributed by atoms with Crippen LogP contribution in [0.2, 0.25) is 0 Å². The SMILES string of the molecule is C=CC(=O)NCC1NC(=O)c2ccccc21. The second-order valence-corrected chi connectivity index (χ2v) is 3.56. The van der Waals surface area contributed by atoms with Crippen molar-refractivity contribution in [1.82, 2.24) is 10.6 Å². The summed E-state index contributed by atoms with van der Waals surface area (Å²) in [6.45, 7) is 3.75. The highest BCUT2D eigenvalue weighted by Gasteiger charge is 2.27. The third-order valence-electron chi connectivity index (χ3n) is 2.55. The number of amides is 2. The van der Waals surface area contributed by atoms with E-state index in [1.165, 1.54) is 6.08 Å². The molecule has 0 saturated carbocycles. The van der Waals surface area contributed by atoms with Crippen LogP contribution in [0.5, 0.6) is 0 Å². The summed E-state index contributed by atoms with van der Waals surface area (Å²) < 4.78 is 0. The van der Waals surface area contributed by atoms with Gasteiger partial charge in [0.1, 0.15) is 0 Å². The number of carbonyl (C=O) groups excluding carboxylic acids is 2. The fraction of sp³-hybridized carbons (Fsp3) is 0.167. The smallest absolute Gasteiger partial charge is 0.252 e. The molecule has 0 radical (unpaired) electrons. The van der Waals surface area contributed by atoms with E-state index in [-0.39, 0.29) is 17.9 Å². The van der Waals surface area contributed by atoms with Gasteiger partial charge in [0.05, 0.1) is 6.04 Å². The monoisotopic (exact) mass is 216 g/mol. The van der Waals surface area contributed by atoms with Crippen LogP contribution in [0, 0.1) is 0 Å². The Morgan fingerprint density at radius 2 is 2.25 bits per heavy atom. The third kappa shape index (κ3) is 1.82. The minimum absolute atomic E-state index is 0.0894. The molecule has 4 heteroatoms. The van der Waals surface area contributed by atoms with Crippen molar-refractivity contribution in [3.63, 3.8) is 0 Å². The summed E-state index contributed by atoms with van der Waals surface area (Å²) in [5, 5.41) is 5.47. The van der Waals surface area contributed by atoms with Crippen molar-refractivity contribution in [2.24, 2.45) is 0 Å². The van der Waals surface area contributed by atoms with Crippen molar-refractivity contribution in [1.29, 1.82) is 0 Å². The number of rotatable bonds is 3. The van der Waals surface area contributed by atoms with E-state index >= 15 is 0 Å². The molecule has 0 aliphatic carbocycles. The van der Waals surface area contributed by atoms with E-state index in [4.69, 9.17) is 0 Å². The zero-order chi connectivity index (χ0) is 11.5. The van der Waals surface area contributed by atoms with Crippen LogP contribution in [-0.4, -0.2) is 18.4 Å². The van der Waals surface area contributed by atoms with E-state index in [1.807, 2.05) is 18.2 Å². The maximum absolute atomic E-state index is 11.5. The van der Waals surface area contributed by atoms with Gasteiger partial charge in [0, 0.05) is 12.1 Å². The Morgan fingerprint density at radius 1 is 1.50 bits per heavy atom. The van der Waals surface area contributed by atoms with Crippen molar-refractivity contribution in [2.45, 2.75) is 6.04 Å². The van der Waals surface area contributed by atoms with Crippen LogP contribution in [-0.2, 0) is 4.79 Å². The van der Waals surface area contributed by atoms with E-state index in [0.717, 1.165) is 5.56 Å². The highest BCUT2D eigenvalue weighted by molar-refractivity contribution is 5.99. The van der Waals surface area contributed by atoms with Crippen LogP contribution in [0.15, 0.2) is 36.9 Å². The molecule has 1 atom stereocenters. The van der Waals surface area contributed by atoms with Gasteiger partial charge >= 0.3 is 0 Å². The summed E-state index contributed by atoms with van der Waals surface area (Å²) in [4.78, 5) is 22.6. The Kier molecular flexibility index (Phi) is 2.72. The standard InChI is InChI=1S/C12H12N2O2/c1-2-11(15)13-7-10-8-5-3-4-6-9(8)12(16)14-10/h2-6,10H,1,7H2,(H,13,15)(H,14,16). The maximum atomic E-state index is 11.5. The van der Waals surface area contributed by atoms with Crippen molar-refractivity contribution in [3.05, 3.63) is 48.0 Å². The molecule has 1 aromatic rings. The Balaban J connectivity index is 2.12. The van der Waals surface area contributed by atoms with Gasteiger partial charge in [-0.1, -0.05) is 24.8 Å². The van der Waals surface area contributed by atoms with Crippen LogP contribution in [0.4, 0.5) is 0 Å². The fourth-order valence-corrected chi connectivity index (χ4v) is 1.76. The van der Waals surface area contributed by atoms with Gasteiger partial charge in [-0.15, -0.1) is 0 Å². The average molecular weight is 216 g/mol. The highest BCUT2D eigenvalue weighted by atomic mass is 16.2. The lowest BCUT2D eigenvalue weighted by atomic mass is 10.1. The number of nitrogens with one attached hydrogen (secondary N) is 2. The lowest BCUT2D eigenvalue weighted by molar-refractivity contribution is -0.116. The molecule has 0 spiro atoms. The molecular weight excluding hydrogens is 204 g/mol. The molecule has 0 aromatic heterocycles. The molecular formula is C12H12N2O2. The number of carbonyl (C=O) groups is 2. The molecule has 2 N–H and O–H groups in total. The fourth-order valence-electron chi connectivity index (χ4n) is 1.76. The highest BCUT2D eigenvalue weighted by Crippen LogP contribution is 2.23. The van der Waals surface area contributed by atoms with Gasteiger partial charge < -0.3 is 10.6 Å². The zero-order valence-electron chi connectivity index (χ0n) is 8.69. The molecule has 82 valence electrons. The first kappa shape index (κ1) is 10.4. The molecule has 16 heavy (non-hydrogen) atoms. The topological polar surface area (TPSA) is 58.2 Å². The Bertz CT molecular complexity index is 454. The zero-order valence-corrected chi connectivity index (χ0v) is 8.69. The van der Waals surface area contributed by atoms with E-state index in [2.05, 4.69) is 17.2 Å². The third-order valence-corrected chi connectivity index (χ3v) is 2.55. The van der Waals surface area contributed by atoms with Crippen molar-refractivity contribution in [2.75, 3.05) is 6.54 Å². The second-order valence-electron chi connectivity index (χ2n) is 3.56. The molecule has 2 rings (SSSR count). The van der Waals surface area contributed by atoms with Gasteiger partial charge in [-0.2, -0.15) is 0 Å². The van der Waals surface area contributed by atoms with Crippen LogP contribution in [0.1, 0.15) is 22.0 Å². The normalized spacial score (nSPS) is 17.5. The Hall–Kier alpha value is -2.10. The molecule has 1 aromatic carbocycles. The summed E-state index contributed by atoms with van der Waals surface area (Å²) in [6.07, 6.45) is 1.21. The molecule has 0 bridgehead atoms. The Labute approximate surface area is 93.3 Å². The van der Waals surface area contributed by atoms with Crippen molar-refractivity contribution < 1.29 is 9.59 Å². The van der Waals surface area contributed by atoms with Gasteiger partial charge in [0.15, 0.2) is 0 Å². The predicted molar refractivity (Wildman–Crippen MR) is 59.9 cm³/mol. The van der Waals surface area contributed by atoms with Gasteiger partial charge in [-0.05, 0) is 17.7 Å². The molecule has 1 unspecified atom stereocenters. The molecule has 0 fully saturated rings. The first-order valence-corrected chi connectivity index (χ1v) is 5.02. The predicted octanol–water partition coefficient (Wildman–Crippen LogP) is 0.773. The second kappa shape index (κ2) is 4.18. The quantitative estimate of drug-likeness (QED) is 0.733. The van der Waals surface area contributed by atoms with E-state index in [0.29, 0.717) is 12.1 Å².